The zero-order chi connectivity index (χ0) is 13.2. The summed E-state index contributed by atoms with van der Waals surface area (Å²) in [5.74, 6) is -1.85. The van der Waals surface area contributed by atoms with Crippen molar-refractivity contribution in [3.05, 3.63) is 38.9 Å². The third-order valence-corrected chi connectivity index (χ3v) is 2.63. The first-order chi connectivity index (χ1) is 7.88. The molecule has 0 radical (unpaired) electrons. The lowest BCUT2D eigenvalue weighted by Gasteiger charge is -2.12. The molecular weight excluding hydrogens is 224 g/mol. The molecular formula is C11H14N2O4. The summed E-state index contributed by atoms with van der Waals surface area (Å²) in [5, 5.41) is 19.8. The van der Waals surface area contributed by atoms with E-state index in [1.165, 1.54) is 12.1 Å². The van der Waals surface area contributed by atoms with Crippen LogP contribution in [-0.2, 0) is 4.79 Å². The molecule has 1 rings (SSSR count). The van der Waals surface area contributed by atoms with Crippen molar-refractivity contribution in [1.29, 1.82) is 0 Å². The lowest BCUT2D eigenvalue weighted by atomic mass is 9.94. The molecule has 6 nitrogen and oxygen atoms in total. The number of nitro benzene ring substituents is 1. The number of aryl methyl sites for hydroxylation is 2. The number of carbonyl (C=O) groups is 1. The van der Waals surface area contributed by atoms with E-state index in [9.17, 15) is 14.9 Å². The highest BCUT2D eigenvalue weighted by Crippen LogP contribution is 2.27. The van der Waals surface area contributed by atoms with Crippen LogP contribution >= 0.6 is 0 Å². The standard InChI is InChI=1S/C11H14N2O4/c1-6-3-8(9(5-12)11(14)15)4-7(2)10(6)13(16)17/h3-4,9H,5,12H2,1-2H3,(H,14,15). The van der Waals surface area contributed by atoms with Crippen molar-refractivity contribution in [1.82, 2.24) is 0 Å². The molecule has 0 saturated carbocycles. The second-order valence-electron chi connectivity index (χ2n) is 3.89. The Bertz CT molecular complexity index is 448. The van der Waals surface area contributed by atoms with Crippen LogP contribution in [0.25, 0.3) is 0 Å². The summed E-state index contributed by atoms with van der Waals surface area (Å²) >= 11 is 0. The number of nitrogens with two attached hydrogens (primary N) is 1. The fourth-order valence-corrected chi connectivity index (χ4v) is 1.86. The van der Waals surface area contributed by atoms with Gasteiger partial charge < -0.3 is 10.8 Å². The lowest BCUT2D eigenvalue weighted by Crippen LogP contribution is -2.21. The first-order valence-corrected chi connectivity index (χ1v) is 5.07. The van der Waals surface area contributed by atoms with Crippen molar-refractivity contribution in [2.75, 3.05) is 6.54 Å². The number of benzene rings is 1. The van der Waals surface area contributed by atoms with Gasteiger partial charge in [-0.3, -0.25) is 14.9 Å². The van der Waals surface area contributed by atoms with Gasteiger partial charge >= 0.3 is 5.97 Å². The molecule has 0 fully saturated rings. The fourth-order valence-electron chi connectivity index (χ4n) is 1.86. The van der Waals surface area contributed by atoms with Gasteiger partial charge in [0.1, 0.15) is 0 Å². The van der Waals surface area contributed by atoms with Gasteiger partial charge in [0.05, 0.1) is 10.8 Å². The summed E-state index contributed by atoms with van der Waals surface area (Å²) < 4.78 is 0. The average Bonchev–Trinajstić information content (AvgIpc) is 2.15. The summed E-state index contributed by atoms with van der Waals surface area (Å²) in [6.45, 7) is 3.14. The number of hydrogen-bond donors (Lipinski definition) is 2. The maximum Gasteiger partial charge on any atom is 0.312 e. The Morgan fingerprint density at radius 3 is 2.24 bits per heavy atom. The summed E-state index contributed by atoms with van der Waals surface area (Å²) in [5.41, 5.74) is 6.81. The van der Waals surface area contributed by atoms with E-state index in [0.29, 0.717) is 16.7 Å². The van der Waals surface area contributed by atoms with E-state index in [1.54, 1.807) is 13.8 Å². The number of hydrogen-bond acceptors (Lipinski definition) is 4. The highest BCUT2D eigenvalue weighted by molar-refractivity contribution is 5.77. The summed E-state index contributed by atoms with van der Waals surface area (Å²) in [6.07, 6.45) is 0. The first-order valence-electron chi connectivity index (χ1n) is 5.07. The van der Waals surface area contributed by atoms with Gasteiger partial charge in [0.2, 0.25) is 0 Å². The van der Waals surface area contributed by atoms with Gasteiger partial charge in [-0.05, 0) is 31.5 Å². The van der Waals surface area contributed by atoms with Crippen molar-refractivity contribution in [2.24, 2.45) is 5.73 Å². The molecule has 0 saturated heterocycles. The average molecular weight is 238 g/mol. The SMILES string of the molecule is Cc1cc(C(CN)C(=O)O)cc(C)c1[N+](=O)[O-]. The maximum atomic E-state index is 11.0. The Morgan fingerprint density at radius 2 is 1.94 bits per heavy atom. The molecule has 1 atom stereocenters. The minimum absolute atomic E-state index is 0.0231. The van der Waals surface area contributed by atoms with Crippen molar-refractivity contribution >= 4 is 11.7 Å². The number of aliphatic carboxylic acids is 1. The van der Waals surface area contributed by atoms with Crippen LogP contribution in [0, 0.1) is 24.0 Å². The van der Waals surface area contributed by atoms with Crippen molar-refractivity contribution in [2.45, 2.75) is 19.8 Å². The Labute approximate surface area is 98.2 Å². The Balaban J connectivity index is 3.31. The Kier molecular flexibility index (Phi) is 3.80. The second-order valence-corrected chi connectivity index (χ2v) is 3.89. The monoisotopic (exact) mass is 238 g/mol. The molecule has 1 aromatic rings. The molecule has 92 valence electrons. The normalized spacial score (nSPS) is 12.2. The predicted octanol–water partition coefficient (Wildman–Crippen LogP) is 1.34. The predicted molar refractivity (Wildman–Crippen MR) is 62.0 cm³/mol. The molecule has 3 N–H and O–H groups in total. The van der Waals surface area contributed by atoms with Crippen molar-refractivity contribution in [3.8, 4) is 0 Å². The Hall–Kier alpha value is -1.95. The van der Waals surface area contributed by atoms with Crippen LogP contribution in [0.15, 0.2) is 12.1 Å². The summed E-state index contributed by atoms with van der Waals surface area (Å²) in [7, 11) is 0. The zero-order valence-corrected chi connectivity index (χ0v) is 9.64. The van der Waals surface area contributed by atoms with Crippen LogP contribution in [0.4, 0.5) is 5.69 Å². The van der Waals surface area contributed by atoms with E-state index in [1.807, 2.05) is 0 Å². The largest absolute Gasteiger partial charge is 0.481 e. The number of nitro groups is 1. The highest BCUT2D eigenvalue weighted by atomic mass is 16.6. The van der Waals surface area contributed by atoms with Gasteiger partial charge in [0, 0.05) is 17.7 Å². The van der Waals surface area contributed by atoms with Gasteiger partial charge in [0.15, 0.2) is 0 Å². The van der Waals surface area contributed by atoms with E-state index in [0.717, 1.165) is 0 Å². The molecule has 0 aliphatic heterocycles. The molecule has 1 aromatic carbocycles. The minimum atomic E-state index is -1.03. The molecule has 0 aliphatic rings. The topological polar surface area (TPSA) is 106 Å². The first kappa shape index (κ1) is 13.1. The van der Waals surface area contributed by atoms with E-state index >= 15 is 0 Å². The molecule has 0 aliphatic carbocycles. The van der Waals surface area contributed by atoms with Crippen LogP contribution in [0.5, 0.6) is 0 Å². The van der Waals surface area contributed by atoms with Crippen molar-refractivity contribution < 1.29 is 14.8 Å². The molecule has 0 heterocycles. The number of nitrogens with zero attached hydrogens (tertiary/aromatic N) is 1. The molecule has 6 heteroatoms. The third-order valence-electron chi connectivity index (χ3n) is 2.63. The molecule has 0 aromatic heterocycles. The highest BCUT2D eigenvalue weighted by Gasteiger charge is 2.22. The van der Waals surface area contributed by atoms with Crippen molar-refractivity contribution in [3.63, 3.8) is 0 Å². The maximum absolute atomic E-state index is 11.0. The number of rotatable bonds is 4. The summed E-state index contributed by atoms with van der Waals surface area (Å²) in [6, 6.07) is 3.02. The molecule has 17 heavy (non-hydrogen) atoms. The molecule has 0 spiro atoms. The number of carboxylic acids is 1. The van der Waals surface area contributed by atoms with Crippen LogP contribution in [0.2, 0.25) is 0 Å². The second kappa shape index (κ2) is 4.92. The van der Waals surface area contributed by atoms with Gasteiger partial charge in [-0.1, -0.05) is 0 Å². The van der Waals surface area contributed by atoms with E-state index in [2.05, 4.69) is 0 Å². The van der Waals surface area contributed by atoms with Gasteiger partial charge in [-0.25, -0.2) is 0 Å². The minimum Gasteiger partial charge on any atom is -0.481 e. The third kappa shape index (κ3) is 2.59. The van der Waals surface area contributed by atoms with Crippen LogP contribution in [-0.4, -0.2) is 22.5 Å². The van der Waals surface area contributed by atoms with Gasteiger partial charge in [-0.2, -0.15) is 0 Å². The van der Waals surface area contributed by atoms with Crippen LogP contribution in [0.3, 0.4) is 0 Å². The molecule has 0 bridgehead atoms. The lowest BCUT2D eigenvalue weighted by molar-refractivity contribution is -0.386. The fraction of sp³-hybridized carbons (Fsp3) is 0.364. The van der Waals surface area contributed by atoms with E-state index in [4.69, 9.17) is 10.8 Å². The molecule has 1 unspecified atom stereocenters. The van der Waals surface area contributed by atoms with Gasteiger partial charge in [0.25, 0.3) is 5.69 Å². The van der Waals surface area contributed by atoms with E-state index in [-0.39, 0.29) is 12.2 Å². The smallest absolute Gasteiger partial charge is 0.312 e. The summed E-state index contributed by atoms with van der Waals surface area (Å²) in [4.78, 5) is 21.3. The van der Waals surface area contributed by atoms with Gasteiger partial charge in [-0.15, -0.1) is 0 Å². The zero-order valence-electron chi connectivity index (χ0n) is 9.64. The van der Waals surface area contributed by atoms with E-state index < -0.39 is 16.8 Å². The van der Waals surface area contributed by atoms with Crippen LogP contribution < -0.4 is 5.73 Å². The quantitative estimate of drug-likeness (QED) is 0.608. The Morgan fingerprint density at radius 1 is 1.47 bits per heavy atom. The van der Waals surface area contributed by atoms with Crippen LogP contribution in [0.1, 0.15) is 22.6 Å². The number of carboxylic acid groups (broad SMARTS) is 1. The molecule has 0 amide bonds.